The average molecular weight is 521 g/mol. The van der Waals surface area contributed by atoms with Gasteiger partial charge >= 0.3 is 6.03 Å². The molecule has 198 valence electrons. The molecule has 10 nitrogen and oxygen atoms in total. The fourth-order valence-corrected chi connectivity index (χ4v) is 3.78. The Labute approximate surface area is 213 Å². The Morgan fingerprint density at radius 2 is 1.53 bits per heavy atom. The number of anilines is 2. The number of amides is 3. The van der Waals surface area contributed by atoms with Crippen molar-refractivity contribution in [2.75, 3.05) is 30.4 Å². The number of rotatable bonds is 14. The molecule has 0 radical (unpaired) electrons. The normalized spacial score (nSPS) is 11.6. The summed E-state index contributed by atoms with van der Waals surface area (Å²) in [6, 6.07) is 12.0. The van der Waals surface area contributed by atoms with Gasteiger partial charge in [0.05, 0.1) is 17.1 Å². The van der Waals surface area contributed by atoms with Crippen LogP contribution in [0.1, 0.15) is 46.5 Å². The van der Waals surface area contributed by atoms with Crippen LogP contribution in [-0.2, 0) is 19.6 Å². The van der Waals surface area contributed by atoms with Crippen LogP contribution in [0.25, 0.3) is 0 Å². The van der Waals surface area contributed by atoms with Crippen LogP contribution in [-0.4, -0.2) is 45.7 Å². The first-order valence-electron chi connectivity index (χ1n) is 11.8. The molecule has 2 aromatic rings. The van der Waals surface area contributed by atoms with Gasteiger partial charge in [0.2, 0.25) is 15.9 Å². The van der Waals surface area contributed by atoms with E-state index in [0.29, 0.717) is 49.7 Å². The molecule has 0 saturated carbocycles. The van der Waals surface area contributed by atoms with Crippen LogP contribution in [0.5, 0.6) is 5.75 Å². The van der Waals surface area contributed by atoms with Gasteiger partial charge in [-0.2, -0.15) is 0 Å². The molecule has 0 fully saturated rings. The predicted molar refractivity (Wildman–Crippen MR) is 140 cm³/mol. The van der Waals surface area contributed by atoms with Gasteiger partial charge in [-0.3, -0.25) is 4.79 Å². The Hall–Kier alpha value is -3.15. The summed E-state index contributed by atoms with van der Waals surface area (Å²) < 4.78 is 33.9. The molecule has 0 aromatic heterocycles. The van der Waals surface area contributed by atoms with Crippen molar-refractivity contribution in [2.45, 2.75) is 57.0 Å². The zero-order chi connectivity index (χ0) is 26.6. The van der Waals surface area contributed by atoms with Gasteiger partial charge in [0.25, 0.3) is 0 Å². The van der Waals surface area contributed by atoms with Crippen molar-refractivity contribution < 1.29 is 27.5 Å². The Balaban J connectivity index is 1.63. The maximum absolute atomic E-state index is 12.2. The first-order chi connectivity index (χ1) is 17.0. The van der Waals surface area contributed by atoms with E-state index in [0.717, 1.165) is 12.8 Å². The van der Waals surface area contributed by atoms with E-state index in [1.54, 1.807) is 24.3 Å². The highest BCUT2D eigenvalue weighted by atomic mass is 32.2. The highest BCUT2D eigenvalue weighted by Gasteiger charge is 2.18. The molecule has 3 amide bonds. The van der Waals surface area contributed by atoms with Crippen LogP contribution in [0.3, 0.4) is 0 Å². The minimum absolute atomic E-state index is 0.0244. The number of nitrogens with one attached hydrogen (secondary N) is 3. The quantitative estimate of drug-likeness (QED) is 0.278. The summed E-state index contributed by atoms with van der Waals surface area (Å²) in [6.07, 6.45) is 2.71. The molecule has 0 atom stereocenters. The van der Waals surface area contributed by atoms with Crippen LogP contribution < -0.4 is 25.8 Å². The van der Waals surface area contributed by atoms with E-state index >= 15 is 0 Å². The number of unbranched alkanes of at least 4 members (excludes halogenated alkanes) is 1. The third-order valence-electron chi connectivity index (χ3n) is 5.20. The second-order valence-corrected chi connectivity index (χ2v) is 10.3. The van der Waals surface area contributed by atoms with Crippen molar-refractivity contribution in [2.24, 2.45) is 5.14 Å². The van der Waals surface area contributed by atoms with E-state index in [1.165, 1.54) is 24.3 Å². The molecule has 2 aromatic carbocycles. The van der Waals surface area contributed by atoms with Crippen LogP contribution in [0, 0.1) is 0 Å². The van der Waals surface area contributed by atoms with Gasteiger partial charge < -0.3 is 25.4 Å². The number of hydrogen-bond acceptors (Lipinski definition) is 6. The number of ether oxygens (including phenoxy) is 2. The molecule has 5 N–H and O–H groups in total. The lowest BCUT2D eigenvalue weighted by Gasteiger charge is -2.24. The third kappa shape index (κ3) is 11.1. The minimum Gasteiger partial charge on any atom is -0.494 e. The molecule has 0 saturated heterocycles. The summed E-state index contributed by atoms with van der Waals surface area (Å²) in [5, 5.41) is 13.3. The van der Waals surface area contributed by atoms with Crippen molar-refractivity contribution in [1.29, 1.82) is 0 Å². The molecular formula is C25H36N4O6S. The van der Waals surface area contributed by atoms with E-state index < -0.39 is 16.1 Å². The minimum atomic E-state index is -3.79. The summed E-state index contributed by atoms with van der Waals surface area (Å²) in [6.45, 7) is 7.65. The Kier molecular flexibility index (Phi) is 11.2. The van der Waals surface area contributed by atoms with E-state index in [-0.39, 0.29) is 16.4 Å². The van der Waals surface area contributed by atoms with Gasteiger partial charge in [0.15, 0.2) is 0 Å². The lowest BCUT2D eigenvalue weighted by Crippen LogP contribution is -2.30. The Morgan fingerprint density at radius 3 is 2.08 bits per heavy atom. The zero-order valence-electron chi connectivity index (χ0n) is 21.0. The zero-order valence-corrected chi connectivity index (χ0v) is 21.8. The maximum atomic E-state index is 12.2. The Morgan fingerprint density at radius 1 is 0.944 bits per heavy atom. The maximum Gasteiger partial charge on any atom is 0.323 e. The average Bonchev–Trinajstić information content (AvgIpc) is 2.81. The summed E-state index contributed by atoms with van der Waals surface area (Å²) in [5.41, 5.74) is 0.695. The predicted octanol–water partition coefficient (Wildman–Crippen LogP) is 3.85. The van der Waals surface area contributed by atoms with Gasteiger partial charge in [-0.15, -0.1) is 0 Å². The van der Waals surface area contributed by atoms with Gasteiger partial charge in [-0.25, -0.2) is 18.4 Å². The second-order valence-electron chi connectivity index (χ2n) is 8.77. The molecule has 0 aliphatic heterocycles. The first-order valence-corrected chi connectivity index (χ1v) is 13.4. The van der Waals surface area contributed by atoms with Crippen molar-refractivity contribution in [1.82, 2.24) is 5.32 Å². The van der Waals surface area contributed by atoms with Crippen LogP contribution in [0.4, 0.5) is 16.2 Å². The molecule has 0 bridgehead atoms. The highest BCUT2D eigenvalue weighted by Crippen LogP contribution is 2.18. The monoisotopic (exact) mass is 520 g/mol. The van der Waals surface area contributed by atoms with Gasteiger partial charge in [0, 0.05) is 30.9 Å². The summed E-state index contributed by atoms with van der Waals surface area (Å²) >= 11 is 0. The van der Waals surface area contributed by atoms with E-state index in [2.05, 4.69) is 16.0 Å². The molecule has 0 unspecified atom stereocenters. The number of carbonyl (C=O) groups excluding carboxylic acids is 2. The number of hydrogen-bond donors (Lipinski definition) is 4. The fourth-order valence-electron chi connectivity index (χ4n) is 3.27. The van der Waals surface area contributed by atoms with E-state index in [9.17, 15) is 18.0 Å². The van der Waals surface area contributed by atoms with Crippen molar-refractivity contribution in [3.8, 4) is 5.75 Å². The van der Waals surface area contributed by atoms with Crippen molar-refractivity contribution in [3.05, 3.63) is 48.5 Å². The Bertz CT molecular complexity index is 1090. The van der Waals surface area contributed by atoms with Gasteiger partial charge in [-0.1, -0.05) is 0 Å². The van der Waals surface area contributed by atoms with Crippen LogP contribution >= 0.6 is 0 Å². The number of carbonyl (C=O) groups is 2. The van der Waals surface area contributed by atoms with Crippen LogP contribution in [0.15, 0.2) is 53.4 Å². The van der Waals surface area contributed by atoms with Crippen LogP contribution in [0.2, 0.25) is 0 Å². The topological polar surface area (TPSA) is 149 Å². The van der Waals surface area contributed by atoms with Crippen molar-refractivity contribution >= 4 is 33.3 Å². The number of sulfonamides is 1. The van der Waals surface area contributed by atoms with Gasteiger partial charge in [0.1, 0.15) is 5.75 Å². The largest absolute Gasteiger partial charge is 0.494 e. The standard InChI is InChI=1S/C25H36N4O6S/c1-4-35-25(2,3)16-15-23(30)27-17-5-6-18-34-21-11-7-19(8-12-21)28-24(31)29-20-9-13-22(14-10-20)36(26,32)33/h7-14H,4-6,15-18H2,1-3H3,(H,27,30)(H2,26,32,33)(H2,28,29,31). The second kappa shape index (κ2) is 13.8. The lowest BCUT2D eigenvalue weighted by atomic mass is 10.0. The number of benzene rings is 2. The smallest absolute Gasteiger partial charge is 0.323 e. The fraction of sp³-hybridized carbons (Fsp3) is 0.440. The number of nitrogens with two attached hydrogens (primary N) is 1. The summed E-state index contributed by atoms with van der Waals surface area (Å²) in [7, 11) is -3.79. The molecule has 0 heterocycles. The molecule has 11 heteroatoms. The third-order valence-corrected chi connectivity index (χ3v) is 6.13. The number of primary sulfonamides is 1. The van der Waals surface area contributed by atoms with E-state index in [4.69, 9.17) is 14.6 Å². The van der Waals surface area contributed by atoms with Crippen molar-refractivity contribution in [3.63, 3.8) is 0 Å². The molecule has 2 rings (SSSR count). The summed E-state index contributed by atoms with van der Waals surface area (Å²) in [5.74, 6) is 0.693. The lowest BCUT2D eigenvalue weighted by molar-refractivity contribution is -0.122. The first kappa shape index (κ1) is 29.1. The number of urea groups is 1. The molecule has 36 heavy (non-hydrogen) atoms. The summed E-state index contributed by atoms with van der Waals surface area (Å²) in [4.78, 5) is 24.1. The molecule has 0 spiro atoms. The highest BCUT2D eigenvalue weighted by molar-refractivity contribution is 7.89. The SMILES string of the molecule is CCOC(C)(C)CCC(=O)NCCCCOc1ccc(NC(=O)Nc2ccc(S(N)(=O)=O)cc2)cc1. The molecule has 0 aliphatic carbocycles. The molecular weight excluding hydrogens is 484 g/mol. The van der Waals surface area contributed by atoms with Gasteiger partial charge in [-0.05, 0) is 88.6 Å². The van der Waals surface area contributed by atoms with E-state index in [1.807, 2.05) is 20.8 Å². The molecule has 0 aliphatic rings.